The lowest BCUT2D eigenvalue weighted by Crippen LogP contribution is -2.47. The number of nitrogens with zero attached hydrogens (tertiary/aromatic N) is 1. The first-order valence-electron chi connectivity index (χ1n) is 4.92. The van der Waals surface area contributed by atoms with Crippen LogP contribution in [-0.4, -0.2) is 43.5 Å². The van der Waals surface area contributed by atoms with Gasteiger partial charge in [-0.1, -0.05) is 6.92 Å². The number of hydrogen-bond acceptors (Lipinski definition) is 3. The van der Waals surface area contributed by atoms with E-state index in [1.807, 2.05) is 6.92 Å². The zero-order valence-corrected chi connectivity index (χ0v) is 8.75. The Morgan fingerprint density at radius 3 is 2.85 bits per heavy atom. The summed E-state index contributed by atoms with van der Waals surface area (Å²) in [5, 5.41) is 0. The van der Waals surface area contributed by atoms with Crippen LogP contribution in [-0.2, 0) is 9.53 Å². The molecule has 1 aliphatic rings. The SMILES string of the molecule is COCCN1CCC(=O)[C@@H](C)[C@H]1C. The highest BCUT2D eigenvalue weighted by Crippen LogP contribution is 2.19. The van der Waals surface area contributed by atoms with Gasteiger partial charge in [0.15, 0.2) is 0 Å². The standard InChI is InChI=1S/C10H19NO2/c1-8-9(2)11(6-7-13-3)5-4-10(8)12/h8-9H,4-7H2,1-3H3/t8-,9+/m0/s1. The Morgan fingerprint density at radius 1 is 1.54 bits per heavy atom. The van der Waals surface area contributed by atoms with Crippen LogP contribution in [0.1, 0.15) is 20.3 Å². The van der Waals surface area contributed by atoms with Gasteiger partial charge in [0.05, 0.1) is 6.61 Å². The Morgan fingerprint density at radius 2 is 2.23 bits per heavy atom. The Labute approximate surface area is 80.1 Å². The minimum atomic E-state index is 0.186. The summed E-state index contributed by atoms with van der Waals surface area (Å²) in [4.78, 5) is 13.7. The molecule has 0 aromatic heterocycles. The summed E-state index contributed by atoms with van der Waals surface area (Å²) in [6.07, 6.45) is 0.704. The van der Waals surface area contributed by atoms with E-state index in [0.717, 1.165) is 19.7 Å². The molecule has 3 nitrogen and oxygen atoms in total. The molecule has 1 saturated heterocycles. The van der Waals surface area contributed by atoms with E-state index < -0.39 is 0 Å². The Bertz CT molecular complexity index is 182. The molecular weight excluding hydrogens is 166 g/mol. The molecule has 0 aromatic carbocycles. The van der Waals surface area contributed by atoms with Gasteiger partial charge < -0.3 is 4.74 Å². The van der Waals surface area contributed by atoms with Crippen LogP contribution in [0.15, 0.2) is 0 Å². The number of likely N-dealkylation sites (tertiary alicyclic amines) is 1. The van der Waals surface area contributed by atoms with Crippen LogP contribution >= 0.6 is 0 Å². The number of rotatable bonds is 3. The van der Waals surface area contributed by atoms with E-state index >= 15 is 0 Å². The lowest BCUT2D eigenvalue weighted by atomic mass is 9.91. The third kappa shape index (κ3) is 2.51. The number of methoxy groups -OCH3 is 1. The summed E-state index contributed by atoms with van der Waals surface area (Å²) in [5.74, 6) is 0.590. The number of ketones is 1. The highest BCUT2D eigenvalue weighted by atomic mass is 16.5. The Hall–Kier alpha value is -0.410. The average Bonchev–Trinajstić information content (AvgIpc) is 2.13. The monoisotopic (exact) mass is 185 g/mol. The lowest BCUT2D eigenvalue weighted by molar-refractivity contribution is -0.128. The molecule has 1 fully saturated rings. The van der Waals surface area contributed by atoms with E-state index in [1.165, 1.54) is 0 Å². The van der Waals surface area contributed by atoms with Crippen LogP contribution in [0.2, 0.25) is 0 Å². The van der Waals surface area contributed by atoms with E-state index in [-0.39, 0.29) is 5.92 Å². The molecule has 0 amide bonds. The molecule has 0 spiro atoms. The number of hydrogen-bond donors (Lipinski definition) is 0. The van der Waals surface area contributed by atoms with Gasteiger partial charge in [-0.05, 0) is 6.92 Å². The second-order valence-corrected chi connectivity index (χ2v) is 3.77. The van der Waals surface area contributed by atoms with Crippen LogP contribution < -0.4 is 0 Å². The van der Waals surface area contributed by atoms with Gasteiger partial charge in [0.25, 0.3) is 0 Å². The summed E-state index contributed by atoms with van der Waals surface area (Å²) in [5.41, 5.74) is 0. The average molecular weight is 185 g/mol. The van der Waals surface area contributed by atoms with Crippen LogP contribution in [0.4, 0.5) is 0 Å². The summed E-state index contributed by atoms with van der Waals surface area (Å²) in [6, 6.07) is 0.372. The molecule has 0 unspecified atom stereocenters. The second-order valence-electron chi connectivity index (χ2n) is 3.77. The summed E-state index contributed by atoms with van der Waals surface area (Å²) in [7, 11) is 1.71. The summed E-state index contributed by atoms with van der Waals surface area (Å²) < 4.78 is 5.03. The van der Waals surface area contributed by atoms with Crippen molar-refractivity contribution in [1.82, 2.24) is 4.90 Å². The van der Waals surface area contributed by atoms with E-state index in [0.29, 0.717) is 18.2 Å². The van der Waals surface area contributed by atoms with Crippen molar-refractivity contribution in [3.8, 4) is 0 Å². The van der Waals surface area contributed by atoms with Crippen LogP contribution in [0.25, 0.3) is 0 Å². The maximum atomic E-state index is 11.4. The normalized spacial score (nSPS) is 30.8. The largest absolute Gasteiger partial charge is 0.383 e. The number of carbonyl (C=O) groups excluding carboxylic acids is 1. The first-order chi connectivity index (χ1) is 6.16. The van der Waals surface area contributed by atoms with Crippen LogP contribution in [0, 0.1) is 5.92 Å². The fourth-order valence-electron chi connectivity index (χ4n) is 1.79. The van der Waals surface area contributed by atoms with Crippen molar-refractivity contribution >= 4 is 5.78 Å². The van der Waals surface area contributed by atoms with Gasteiger partial charge in [-0.15, -0.1) is 0 Å². The van der Waals surface area contributed by atoms with Gasteiger partial charge >= 0.3 is 0 Å². The van der Waals surface area contributed by atoms with Crippen molar-refractivity contribution in [2.24, 2.45) is 5.92 Å². The molecule has 0 saturated carbocycles. The number of Topliss-reactive ketones (excluding diaryl/α,β-unsaturated/α-hetero) is 1. The first kappa shape index (κ1) is 10.7. The second kappa shape index (κ2) is 4.72. The molecule has 0 radical (unpaired) electrons. The molecule has 2 atom stereocenters. The first-order valence-corrected chi connectivity index (χ1v) is 4.92. The van der Waals surface area contributed by atoms with Gasteiger partial charge in [-0.25, -0.2) is 0 Å². The molecule has 0 N–H and O–H groups in total. The highest BCUT2D eigenvalue weighted by molar-refractivity contribution is 5.82. The van der Waals surface area contributed by atoms with E-state index in [4.69, 9.17) is 4.74 Å². The predicted molar refractivity (Wildman–Crippen MR) is 51.7 cm³/mol. The van der Waals surface area contributed by atoms with Crippen molar-refractivity contribution in [3.05, 3.63) is 0 Å². The smallest absolute Gasteiger partial charge is 0.138 e. The third-order valence-electron chi connectivity index (χ3n) is 3.04. The fourth-order valence-corrected chi connectivity index (χ4v) is 1.79. The van der Waals surface area contributed by atoms with Crippen molar-refractivity contribution in [3.63, 3.8) is 0 Å². The summed E-state index contributed by atoms with van der Waals surface area (Å²) >= 11 is 0. The van der Waals surface area contributed by atoms with Crippen LogP contribution in [0.3, 0.4) is 0 Å². The minimum Gasteiger partial charge on any atom is -0.383 e. The maximum absolute atomic E-state index is 11.4. The topological polar surface area (TPSA) is 29.5 Å². The van der Waals surface area contributed by atoms with Gasteiger partial charge in [0.1, 0.15) is 5.78 Å². The van der Waals surface area contributed by atoms with Crippen LogP contribution in [0.5, 0.6) is 0 Å². The molecule has 0 bridgehead atoms. The third-order valence-corrected chi connectivity index (χ3v) is 3.04. The van der Waals surface area contributed by atoms with E-state index in [1.54, 1.807) is 7.11 Å². The molecule has 0 aromatic rings. The number of carbonyl (C=O) groups is 1. The Balaban J connectivity index is 2.44. The maximum Gasteiger partial charge on any atom is 0.138 e. The fraction of sp³-hybridized carbons (Fsp3) is 0.900. The van der Waals surface area contributed by atoms with Gasteiger partial charge in [-0.3, -0.25) is 9.69 Å². The molecular formula is C10H19NO2. The lowest BCUT2D eigenvalue weighted by Gasteiger charge is -2.36. The van der Waals surface area contributed by atoms with E-state index in [2.05, 4.69) is 11.8 Å². The zero-order valence-electron chi connectivity index (χ0n) is 8.75. The molecule has 1 rings (SSSR count). The van der Waals surface area contributed by atoms with Gasteiger partial charge in [-0.2, -0.15) is 0 Å². The van der Waals surface area contributed by atoms with E-state index in [9.17, 15) is 4.79 Å². The minimum absolute atomic E-state index is 0.186. The molecule has 3 heteroatoms. The van der Waals surface area contributed by atoms with Crippen molar-refractivity contribution in [1.29, 1.82) is 0 Å². The number of piperidine rings is 1. The molecule has 76 valence electrons. The van der Waals surface area contributed by atoms with Crippen molar-refractivity contribution in [2.75, 3.05) is 26.8 Å². The predicted octanol–water partition coefficient (Wildman–Crippen LogP) is 0.932. The summed E-state index contributed by atoms with van der Waals surface area (Å²) in [6.45, 7) is 6.73. The quantitative estimate of drug-likeness (QED) is 0.655. The van der Waals surface area contributed by atoms with Gasteiger partial charge in [0.2, 0.25) is 0 Å². The molecule has 1 heterocycles. The van der Waals surface area contributed by atoms with Crippen molar-refractivity contribution in [2.45, 2.75) is 26.3 Å². The van der Waals surface area contributed by atoms with Crippen molar-refractivity contribution < 1.29 is 9.53 Å². The molecule has 13 heavy (non-hydrogen) atoms. The molecule has 0 aliphatic carbocycles. The van der Waals surface area contributed by atoms with Gasteiger partial charge in [0, 0.05) is 38.6 Å². The Kier molecular flexibility index (Phi) is 3.88. The zero-order chi connectivity index (χ0) is 9.84. The number of ether oxygens (including phenoxy) is 1. The highest BCUT2D eigenvalue weighted by Gasteiger charge is 2.29. The molecule has 1 aliphatic heterocycles.